The molecule has 8 heteroatoms. The molecule has 0 spiro atoms. The molecule has 3 heterocycles. The van der Waals surface area contributed by atoms with Crippen LogP contribution in [0.5, 0.6) is 0 Å². The van der Waals surface area contributed by atoms with Crippen LogP contribution in [0.2, 0.25) is 0 Å². The lowest BCUT2D eigenvalue weighted by molar-refractivity contribution is -0.139. The summed E-state index contributed by atoms with van der Waals surface area (Å²) in [6.07, 6.45) is 6.86. The molecule has 3 amide bonds. The molecule has 2 atom stereocenters. The van der Waals surface area contributed by atoms with Crippen LogP contribution < -0.4 is 10.4 Å². The highest BCUT2D eigenvalue weighted by atomic mass is 16.2. The number of rotatable bonds is 4. The van der Waals surface area contributed by atoms with Crippen LogP contribution in [0.4, 0.5) is 5.69 Å². The molecule has 1 aromatic heterocycles. The number of amides is 3. The average Bonchev–Trinajstić information content (AvgIpc) is 2.87. The molecule has 5 rings (SSSR count). The van der Waals surface area contributed by atoms with Crippen molar-refractivity contribution in [3.63, 3.8) is 0 Å². The van der Waals surface area contributed by atoms with Crippen LogP contribution in [0.15, 0.2) is 60.8 Å². The van der Waals surface area contributed by atoms with Crippen molar-refractivity contribution in [1.29, 1.82) is 0 Å². The number of allylic oxidation sites excluding steroid dienone is 2. The highest BCUT2D eigenvalue weighted by Gasteiger charge is 2.42. The number of pyridine rings is 1. The number of hydrogen-bond acceptors (Lipinski definition) is 5. The van der Waals surface area contributed by atoms with E-state index in [0.29, 0.717) is 37.2 Å². The summed E-state index contributed by atoms with van der Waals surface area (Å²) in [5.41, 5.74) is 4.78. The number of anilines is 1. The number of hydrazine groups is 1. The lowest BCUT2D eigenvalue weighted by Gasteiger charge is -2.38. The third kappa shape index (κ3) is 4.39. The fourth-order valence-electron chi connectivity index (χ4n) is 4.77. The molecule has 2 unspecified atom stereocenters. The van der Waals surface area contributed by atoms with Gasteiger partial charge < -0.3 is 4.90 Å². The lowest BCUT2D eigenvalue weighted by atomic mass is 9.80. The van der Waals surface area contributed by atoms with Crippen molar-refractivity contribution in [2.45, 2.75) is 19.4 Å². The summed E-state index contributed by atoms with van der Waals surface area (Å²) in [4.78, 5) is 47.3. The number of nitrogens with zero attached hydrogens (tertiary/aromatic N) is 4. The fourth-order valence-corrected chi connectivity index (χ4v) is 4.77. The number of carbonyl (C=O) groups is 3. The monoisotopic (exact) mass is 445 g/mol. The molecular formula is C25H27N5O3. The largest absolute Gasteiger partial charge is 0.336 e. The quantitative estimate of drug-likeness (QED) is 0.728. The number of carbonyl (C=O) groups excluding carboxylic acids is 3. The molecule has 2 aliphatic heterocycles. The molecule has 1 aliphatic carbocycles. The summed E-state index contributed by atoms with van der Waals surface area (Å²) < 4.78 is 0. The molecule has 2 fully saturated rings. The minimum Gasteiger partial charge on any atom is -0.336 e. The third-order valence-electron chi connectivity index (χ3n) is 6.65. The van der Waals surface area contributed by atoms with Gasteiger partial charge in [-0.25, -0.2) is 5.01 Å². The maximum atomic E-state index is 13.2. The zero-order valence-corrected chi connectivity index (χ0v) is 18.4. The second-order valence-corrected chi connectivity index (χ2v) is 8.75. The molecule has 0 saturated carbocycles. The first kappa shape index (κ1) is 21.3. The summed E-state index contributed by atoms with van der Waals surface area (Å²) in [5.74, 6) is -1.01. The standard InChI is InChI=1S/C25H27N5O3/c31-23-21-9-1-2-10-22(21)25(33)30(27-23)20-8-5-6-18(16-20)24(32)29-14-12-28(13-15-29)17-19-7-3-4-11-26-19/h1-8,11,16,21-22H,9-10,12-15,17H2,(H,27,31). The van der Waals surface area contributed by atoms with E-state index in [-0.39, 0.29) is 29.6 Å². The van der Waals surface area contributed by atoms with Crippen LogP contribution in [0.1, 0.15) is 28.9 Å². The first-order valence-electron chi connectivity index (χ1n) is 11.4. The van der Waals surface area contributed by atoms with Crippen molar-refractivity contribution in [3.8, 4) is 0 Å². The zero-order valence-electron chi connectivity index (χ0n) is 18.4. The van der Waals surface area contributed by atoms with Crippen LogP contribution in [-0.2, 0) is 16.1 Å². The molecule has 8 nitrogen and oxygen atoms in total. The molecule has 33 heavy (non-hydrogen) atoms. The first-order valence-corrected chi connectivity index (χ1v) is 11.4. The second-order valence-electron chi connectivity index (χ2n) is 8.75. The van der Waals surface area contributed by atoms with Gasteiger partial charge in [-0.1, -0.05) is 24.3 Å². The van der Waals surface area contributed by atoms with E-state index in [2.05, 4.69) is 15.3 Å². The third-order valence-corrected chi connectivity index (χ3v) is 6.65. The van der Waals surface area contributed by atoms with Gasteiger partial charge in [-0.2, -0.15) is 0 Å². The average molecular weight is 446 g/mol. The summed E-state index contributed by atoms with van der Waals surface area (Å²) in [6, 6.07) is 12.9. The van der Waals surface area contributed by atoms with Crippen LogP contribution >= 0.6 is 0 Å². The Balaban J connectivity index is 1.25. The highest BCUT2D eigenvalue weighted by molar-refractivity contribution is 6.05. The van der Waals surface area contributed by atoms with Crippen molar-refractivity contribution in [2.24, 2.45) is 11.8 Å². The molecule has 170 valence electrons. The van der Waals surface area contributed by atoms with Gasteiger partial charge in [-0.15, -0.1) is 0 Å². The molecule has 0 radical (unpaired) electrons. The van der Waals surface area contributed by atoms with Gasteiger partial charge in [0.25, 0.3) is 5.91 Å². The molecule has 2 aromatic rings. The molecular weight excluding hydrogens is 418 g/mol. The van der Waals surface area contributed by atoms with Crippen LogP contribution in [-0.4, -0.2) is 58.7 Å². The predicted octanol–water partition coefficient (Wildman–Crippen LogP) is 2.00. The van der Waals surface area contributed by atoms with Gasteiger partial charge in [0.2, 0.25) is 11.8 Å². The van der Waals surface area contributed by atoms with E-state index in [9.17, 15) is 14.4 Å². The Morgan fingerprint density at radius 1 is 0.970 bits per heavy atom. The summed E-state index contributed by atoms with van der Waals surface area (Å²) >= 11 is 0. The fraction of sp³-hybridized carbons (Fsp3) is 0.360. The van der Waals surface area contributed by atoms with E-state index in [0.717, 1.165) is 25.3 Å². The van der Waals surface area contributed by atoms with Crippen molar-refractivity contribution < 1.29 is 14.4 Å². The molecule has 0 bridgehead atoms. The lowest BCUT2D eigenvalue weighted by Crippen LogP contribution is -2.59. The maximum absolute atomic E-state index is 13.2. The Morgan fingerprint density at radius 3 is 2.52 bits per heavy atom. The van der Waals surface area contributed by atoms with Gasteiger partial charge in [-0.05, 0) is 43.2 Å². The minimum atomic E-state index is -0.352. The normalized spacial score (nSPS) is 23.3. The van der Waals surface area contributed by atoms with Gasteiger partial charge in [0, 0.05) is 44.5 Å². The number of piperazine rings is 1. The molecule has 1 N–H and O–H groups in total. The van der Waals surface area contributed by atoms with E-state index in [1.807, 2.05) is 35.3 Å². The van der Waals surface area contributed by atoms with Crippen molar-refractivity contribution >= 4 is 23.4 Å². The van der Waals surface area contributed by atoms with Crippen LogP contribution in [0.3, 0.4) is 0 Å². The Kier molecular flexibility index (Phi) is 5.92. The Bertz CT molecular complexity index is 1080. The van der Waals surface area contributed by atoms with Gasteiger partial charge in [0.15, 0.2) is 0 Å². The van der Waals surface area contributed by atoms with Gasteiger partial charge in [0.05, 0.1) is 23.2 Å². The van der Waals surface area contributed by atoms with Crippen molar-refractivity contribution in [1.82, 2.24) is 20.2 Å². The number of fused-ring (bicyclic) bond motifs is 1. The van der Waals surface area contributed by atoms with E-state index in [4.69, 9.17) is 0 Å². The van der Waals surface area contributed by atoms with Crippen molar-refractivity contribution in [3.05, 3.63) is 72.1 Å². The minimum absolute atomic E-state index is 0.0661. The number of nitrogens with one attached hydrogen (secondary N) is 1. The topological polar surface area (TPSA) is 85.8 Å². The Morgan fingerprint density at radius 2 is 1.76 bits per heavy atom. The number of benzene rings is 1. The number of aromatic nitrogens is 1. The van der Waals surface area contributed by atoms with E-state index in [1.54, 1.807) is 30.5 Å². The van der Waals surface area contributed by atoms with Gasteiger partial charge in [0.1, 0.15) is 0 Å². The summed E-state index contributed by atoms with van der Waals surface area (Å²) in [6.45, 7) is 3.59. The van der Waals surface area contributed by atoms with E-state index in [1.165, 1.54) is 5.01 Å². The predicted molar refractivity (Wildman–Crippen MR) is 123 cm³/mol. The Hall–Kier alpha value is -3.52. The smallest absolute Gasteiger partial charge is 0.254 e. The maximum Gasteiger partial charge on any atom is 0.254 e. The molecule has 2 saturated heterocycles. The number of hydrogen-bond donors (Lipinski definition) is 1. The first-order chi connectivity index (χ1) is 16.1. The van der Waals surface area contributed by atoms with E-state index < -0.39 is 0 Å². The van der Waals surface area contributed by atoms with Crippen molar-refractivity contribution in [2.75, 3.05) is 31.2 Å². The molecule has 3 aliphatic rings. The zero-order chi connectivity index (χ0) is 22.8. The van der Waals surface area contributed by atoms with Crippen LogP contribution in [0, 0.1) is 11.8 Å². The van der Waals surface area contributed by atoms with Gasteiger partial charge >= 0.3 is 0 Å². The SMILES string of the molecule is O=C1NN(c2cccc(C(=O)N3CCN(Cc4ccccn4)CC3)c2)C(=O)C2CC=CCC12. The summed E-state index contributed by atoms with van der Waals surface area (Å²) in [7, 11) is 0. The molecule has 1 aromatic carbocycles. The van der Waals surface area contributed by atoms with Crippen LogP contribution in [0.25, 0.3) is 0 Å². The highest BCUT2D eigenvalue weighted by Crippen LogP contribution is 2.32. The second kappa shape index (κ2) is 9.15. The van der Waals surface area contributed by atoms with Gasteiger partial charge in [-0.3, -0.25) is 29.7 Å². The Labute approximate surface area is 192 Å². The summed E-state index contributed by atoms with van der Waals surface area (Å²) in [5, 5.41) is 1.31. The van der Waals surface area contributed by atoms with E-state index >= 15 is 0 Å².